The number of allylic oxidation sites excluding steroid dienone is 2. The first kappa shape index (κ1) is 24.2. The number of aromatic nitrogens is 2. The molecule has 0 aliphatic heterocycles. The molecule has 0 fully saturated rings. The molecule has 1 aromatic carbocycles. The Morgan fingerprint density at radius 1 is 1.20 bits per heavy atom. The van der Waals surface area contributed by atoms with E-state index in [1.54, 1.807) is 18.3 Å². The van der Waals surface area contributed by atoms with Crippen LogP contribution >= 0.6 is 11.3 Å². The number of carbonyl (C=O) groups is 1. The van der Waals surface area contributed by atoms with Crippen molar-refractivity contribution in [3.63, 3.8) is 0 Å². The van der Waals surface area contributed by atoms with Crippen molar-refractivity contribution < 1.29 is 9.18 Å². The first-order valence-electron chi connectivity index (χ1n) is 11.2. The van der Waals surface area contributed by atoms with Crippen LogP contribution in [0.3, 0.4) is 0 Å². The lowest BCUT2D eigenvalue weighted by Gasteiger charge is -2.10. The molecule has 0 bridgehead atoms. The minimum Gasteiger partial charge on any atom is -0.358 e. The Morgan fingerprint density at radius 3 is 2.80 bits per heavy atom. The maximum Gasteiger partial charge on any atom is 0.287 e. The molecule has 7 nitrogen and oxygen atoms in total. The maximum absolute atomic E-state index is 14.5. The van der Waals surface area contributed by atoms with Crippen LogP contribution in [-0.4, -0.2) is 28.1 Å². The standard InChI is InChI=1S/C26H26FN5O2S/c1-4-11-32(3)12-10-16(2)28-22-15-20(30-31-25(22)33)17-8-9-19(27)21(13-17)29-26(34)24-14-18-6-5-7-23(18)35-24/h4,8-15H,2,5-7H2,1,3H3,(H,28,30)(H,29,34)(H,31,33)/b11-4+,12-10-. The third kappa shape index (κ3) is 5.75. The summed E-state index contributed by atoms with van der Waals surface area (Å²) in [7, 11) is 1.87. The number of nitrogens with one attached hydrogen (secondary N) is 3. The highest BCUT2D eigenvalue weighted by Gasteiger charge is 2.19. The van der Waals surface area contributed by atoms with E-state index in [0.717, 1.165) is 19.3 Å². The SMILES string of the molecule is C=C(/C=C\N(C)/C=C/C)Nc1cc(-c2ccc(F)c(NC(=O)c3cc4c(s3)CCC4)c2)n[nH]c1=O. The molecule has 0 atom stereocenters. The summed E-state index contributed by atoms with van der Waals surface area (Å²) < 4.78 is 14.5. The first-order valence-corrected chi connectivity index (χ1v) is 12.0. The zero-order chi connectivity index (χ0) is 24.9. The number of anilines is 2. The lowest BCUT2D eigenvalue weighted by molar-refractivity contribution is 0.103. The van der Waals surface area contributed by atoms with Crippen LogP contribution in [0.25, 0.3) is 11.3 Å². The number of halogens is 1. The molecule has 3 aromatic rings. The number of carbonyl (C=O) groups excluding carboxylic acids is 1. The van der Waals surface area contributed by atoms with Gasteiger partial charge in [0.2, 0.25) is 0 Å². The number of H-pyrrole nitrogens is 1. The van der Waals surface area contributed by atoms with Crippen LogP contribution < -0.4 is 16.2 Å². The Hall–Kier alpha value is -3.98. The van der Waals surface area contributed by atoms with Gasteiger partial charge in [-0.25, -0.2) is 9.49 Å². The van der Waals surface area contributed by atoms with Gasteiger partial charge in [-0.05, 0) is 74.4 Å². The van der Waals surface area contributed by atoms with E-state index in [4.69, 9.17) is 0 Å². The van der Waals surface area contributed by atoms with E-state index in [9.17, 15) is 14.0 Å². The molecular weight excluding hydrogens is 465 g/mol. The Labute approximate surface area is 206 Å². The van der Waals surface area contributed by atoms with Crippen molar-refractivity contribution >= 4 is 28.6 Å². The molecule has 1 aliphatic rings. The summed E-state index contributed by atoms with van der Waals surface area (Å²) in [6.45, 7) is 5.83. The van der Waals surface area contributed by atoms with Gasteiger partial charge >= 0.3 is 0 Å². The molecule has 3 N–H and O–H groups in total. The van der Waals surface area contributed by atoms with Gasteiger partial charge in [-0.1, -0.05) is 12.7 Å². The number of benzene rings is 1. The van der Waals surface area contributed by atoms with Crippen LogP contribution in [0.15, 0.2) is 72.0 Å². The molecule has 0 saturated heterocycles. The Kier molecular flexibility index (Phi) is 7.26. The molecule has 1 aliphatic carbocycles. The predicted molar refractivity (Wildman–Crippen MR) is 139 cm³/mol. The average Bonchev–Trinajstić information content (AvgIpc) is 3.44. The molecule has 2 aromatic heterocycles. The number of amides is 1. The van der Waals surface area contributed by atoms with Crippen molar-refractivity contribution in [1.29, 1.82) is 0 Å². The first-order chi connectivity index (χ1) is 16.8. The second-order valence-electron chi connectivity index (χ2n) is 8.17. The quantitative estimate of drug-likeness (QED) is 0.373. The fourth-order valence-corrected chi connectivity index (χ4v) is 4.91. The van der Waals surface area contributed by atoms with Crippen LogP contribution in [0.5, 0.6) is 0 Å². The van der Waals surface area contributed by atoms with E-state index in [2.05, 4.69) is 27.4 Å². The van der Waals surface area contributed by atoms with Gasteiger partial charge in [0.05, 0.1) is 16.3 Å². The van der Waals surface area contributed by atoms with Crippen molar-refractivity contribution in [1.82, 2.24) is 15.1 Å². The lowest BCUT2D eigenvalue weighted by Crippen LogP contribution is -2.15. The third-order valence-corrected chi connectivity index (χ3v) is 6.71. The van der Waals surface area contributed by atoms with Crippen molar-refractivity contribution in [2.24, 2.45) is 0 Å². The number of fused-ring (bicyclic) bond motifs is 1. The number of hydrogen-bond acceptors (Lipinski definition) is 6. The number of thiophene rings is 1. The van der Waals surface area contributed by atoms with Crippen LogP contribution in [0.1, 0.15) is 33.5 Å². The fourth-order valence-electron chi connectivity index (χ4n) is 3.76. The molecule has 0 spiro atoms. The molecule has 9 heteroatoms. The van der Waals surface area contributed by atoms with Crippen LogP contribution in [-0.2, 0) is 12.8 Å². The normalized spacial score (nSPS) is 12.8. The zero-order valence-corrected chi connectivity index (χ0v) is 20.3. The topological polar surface area (TPSA) is 90.1 Å². The fraction of sp³-hybridized carbons (Fsp3) is 0.192. The van der Waals surface area contributed by atoms with Gasteiger partial charge in [-0.3, -0.25) is 9.59 Å². The minimum atomic E-state index is -0.558. The van der Waals surface area contributed by atoms with E-state index < -0.39 is 11.4 Å². The molecule has 0 radical (unpaired) electrons. The number of aryl methyl sites for hydroxylation is 2. The largest absolute Gasteiger partial charge is 0.358 e. The predicted octanol–water partition coefficient (Wildman–Crippen LogP) is 5.28. The minimum absolute atomic E-state index is 0.0444. The Balaban J connectivity index is 1.53. The maximum atomic E-state index is 14.5. The summed E-state index contributed by atoms with van der Waals surface area (Å²) in [4.78, 5) is 28.6. The third-order valence-electron chi connectivity index (χ3n) is 5.47. The van der Waals surface area contributed by atoms with Crippen molar-refractivity contribution in [3.05, 3.63) is 98.6 Å². The molecule has 4 rings (SSSR count). The van der Waals surface area contributed by atoms with Crippen LogP contribution in [0, 0.1) is 5.82 Å². The average molecular weight is 492 g/mol. The van der Waals surface area contributed by atoms with Gasteiger partial charge in [-0.15, -0.1) is 11.3 Å². The van der Waals surface area contributed by atoms with Gasteiger partial charge < -0.3 is 15.5 Å². The summed E-state index contributed by atoms with van der Waals surface area (Å²) in [6, 6.07) is 7.74. The van der Waals surface area contributed by atoms with Gasteiger partial charge in [0.15, 0.2) is 0 Å². The second-order valence-corrected chi connectivity index (χ2v) is 9.31. The highest BCUT2D eigenvalue weighted by molar-refractivity contribution is 7.14. The highest BCUT2D eigenvalue weighted by atomic mass is 32.1. The van der Waals surface area contributed by atoms with Crippen molar-refractivity contribution in [3.8, 4) is 11.3 Å². The summed E-state index contributed by atoms with van der Waals surface area (Å²) in [5.41, 5.74) is 2.50. The summed E-state index contributed by atoms with van der Waals surface area (Å²) in [5, 5.41) is 12.2. The van der Waals surface area contributed by atoms with E-state index in [-0.39, 0.29) is 17.3 Å². The van der Waals surface area contributed by atoms with Crippen molar-refractivity contribution in [2.75, 3.05) is 17.7 Å². The van der Waals surface area contributed by atoms with E-state index >= 15 is 0 Å². The van der Waals surface area contributed by atoms with Gasteiger partial charge in [0, 0.05) is 29.4 Å². The number of rotatable bonds is 8. The molecular formula is C26H26FN5O2S. The van der Waals surface area contributed by atoms with Crippen molar-refractivity contribution in [2.45, 2.75) is 26.2 Å². The van der Waals surface area contributed by atoms with E-state index in [1.807, 2.05) is 37.2 Å². The molecule has 35 heavy (non-hydrogen) atoms. The van der Waals surface area contributed by atoms with Crippen LogP contribution in [0.4, 0.5) is 15.8 Å². The highest BCUT2D eigenvalue weighted by Crippen LogP contribution is 2.31. The summed E-state index contributed by atoms with van der Waals surface area (Å²) >= 11 is 1.46. The second kappa shape index (κ2) is 10.5. The summed E-state index contributed by atoms with van der Waals surface area (Å²) in [5.74, 6) is -0.902. The number of nitrogens with zero attached hydrogens (tertiary/aromatic N) is 2. The Bertz CT molecular complexity index is 1370. The lowest BCUT2D eigenvalue weighted by atomic mass is 10.1. The summed E-state index contributed by atoms with van der Waals surface area (Å²) in [6.07, 6.45) is 10.4. The molecule has 1 amide bonds. The Morgan fingerprint density at radius 2 is 2.03 bits per heavy atom. The molecule has 180 valence electrons. The number of aromatic amines is 1. The monoisotopic (exact) mass is 491 g/mol. The van der Waals surface area contributed by atoms with Gasteiger partial charge in [0.1, 0.15) is 11.5 Å². The molecule has 2 heterocycles. The molecule has 0 saturated carbocycles. The number of hydrogen-bond donors (Lipinski definition) is 3. The van der Waals surface area contributed by atoms with Gasteiger partial charge in [-0.2, -0.15) is 5.10 Å². The molecule has 0 unspecified atom stereocenters. The van der Waals surface area contributed by atoms with E-state index in [0.29, 0.717) is 21.8 Å². The van der Waals surface area contributed by atoms with E-state index in [1.165, 1.54) is 40.0 Å². The van der Waals surface area contributed by atoms with Crippen LogP contribution in [0.2, 0.25) is 0 Å². The zero-order valence-electron chi connectivity index (χ0n) is 19.5. The van der Waals surface area contributed by atoms with Gasteiger partial charge in [0.25, 0.3) is 11.5 Å². The smallest absolute Gasteiger partial charge is 0.287 e.